The van der Waals surface area contributed by atoms with Gasteiger partial charge in [-0.05, 0) is 24.9 Å². The van der Waals surface area contributed by atoms with E-state index >= 15 is 0 Å². The number of nitrogens with zero attached hydrogens (tertiary/aromatic N) is 3. The summed E-state index contributed by atoms with van der Waals surface area (Å²) in [6.45, 7) is 4.00. The Morgan fingerprint density at radius 1 is 1.35 bits per heavy atom. The van der Waals surface area contributed by atoms with Crippen LogP contribution in [0.1, 0.15) is 24.8 Å². The summed E-state index contributed by atoms with van der Waals surface area (Å²) in [5.41, 5.74) is 0.920. The van der Waals surface area contributed by atoms with Gasteiger partial charge in [-0.25, -0.2) is 0 Å². The Hall–Kier alpha value is -1.51. The normalized spacial score (nSPS) is 23.0. The van der Waals surface area contributed by atoms with Crippen LogP contribution < -0.4 is 0 Å². The average molecular weight is 339 g/mol. The number of piperidine rings is 1. The molecule has 1 aromatic heterocycles. The Bertz CT molecular complexity index is 571. The Kier molecular flexibility index (Phi) is 5.24. The van der Waals surface area contributed by atoms with Crippen molar-refractivity contribution in [3.8, 4) is 0 Å². The first-order chi connectivity index (χ1) is 11.1. The van der Waals surface area contributed by atoms with Crippen molar-refractivity contribution in [1.29, 1.82) is 0 Å². The third kappa shape index (κ3) is 3.88. The van der Waals surface area contributed by atoms with Crippen LogP contribution in [0, 0.1) is 10.1 Å². The van der Waals surface area contributed by atoms with Gasteiger partial charge in [-0.1, -0.05) is 17.8 Å². The quantitative estimate of drug-likeness (QED) is 0.618. The van der Waals surface area contributed by atoms with E-state index in [2.05, 4.69) is 4.90 Å². The largest absolute Gasteiger partial charge is 0.378 e. The summed E-state index contributed by atoms with van der Waals surface area (Å²) >= 11 is 1.15. The topological polar surface area (TPSA) is 75.9 Å². The molecule has 3 rings (SSSR count). The fraction of sp³-hybridized carbons (Fsp3) is 0.667. The molecule has 0 aromatic carbocycles. The zero-order chi connectivity index (χ0) is 16.2. The van der Waals surface area contributed by atoms with Gasteiger partial charge in [0.2, 0.25) is 5.91 Å². The van der Waals surface area contributed by atoms with Crippen molar-refractivity contribution in [3.05, 3.63) is 27.1 Å². The highest BCUT2D eigenvalue weighted by Gasteiger charge is 2.32. The van der Waals surface area contributed by atoms with Crippen LogP contribution in [-0.2, 0) is 16.1 Å². The number of hydrogen-bond acceptors (Lipinski definition) is 6. The van der Waals surface area contributed by atoms with Crippen molar-refractivity contribution in [3.63, 3.8) is 0 Å². The molecule has 2 saturated heterocycles. The van der Waals surface area contributed by atoms with Crippen LogP contribution in [0.2, 0.25) is 0 Å². The van der Waals surface area contributed by atoms with Crippen LogP contribution in [0.4, 0.5) is 5.00 Å². The molecule has 0 bridgehead atoms. The lowest BCUT2D eigenvalue weighted by atomic mass is 10.00. The second-order valence-electron chi connectivity index (χ2n) is 5.97. The average Bonchev–Trinajstić information content (AvgIpc) is 3.04. The van der Waals surface area contributed by atoms with Gasteiger partial charge in [0.05, 0.1) is 24.2 Å². The SMILES string of the molecule is O=C([C@H]1CCCCN1Cc1csc([N+](=O)[O-])c1)N1CCOCC1. The Labute approximate surface area is 139 Å². The predicted octanol–water partition coefficient (Wildman–Crippen LogP) is 1.87. The number of carbonyl (C=O) groups excluding carboxylic acids is 1. The van der Waals surface area contributed by atoms with Crippen LogP contribution in [0.5, 0.6) is 0 Å². The van der Waals surface area contributed by atoms with Gasteiger partial charge < -0.3 is 9.64 Å². The van der Waals surface area contributed by atoms with Gasteiger partial charge in [0.1, 0.15) is 0 Å². The summed E-state index contributed by atoms with van der Waals surface area (Å²) in [7, 11) is 0. The number of rotatable bonds is 4. The molecule has 0 spiro atoms. The van der Waals surface area contributed by atoms with Crippen LogP contribution in [-0.4, -0.2) is 59.5 Å². The van der Waals surface area contributed by atoms with Gasteiger partial charge in [-0.15, -0.1) is 0 Å². The van der Waals surface area contributed by atoms with E-state index in [0.29, 0.717) is 32.8 Å². The molecule has 2 aliphatic heterocycles. The molecule has 3 heterocycles. The number of ether oxygens (including phenoxy) is 1. The minimum Gasteiger partial charge on any atom is -0.378 e. The molecule has 0 N–H and O–H groups in total. The summed E-state index contributed by atoms with van der Waals surface area (Å²) in [6.07, 6.45) is 2.99. The maximum Gasteiger partial charge on any atom is 0.324 e. The maximum atomic E-state index is 12.8. The van der Waals surface area contributed by atoms with Gasteiger partial charge in [-0.2, -0.15) is 0 Å². The summed E-state index contributed by atoms with van der Waals surface area (Å²) in [5, 5.41) is 12.8. The van der Waals surface area contributed by atoms with E-state index in [4.69, 9.17) is 4.74 Å². The van der Waals surface area contributed by atoms with E-state index in [1.807, 2.05) is 10.3 Å². The molecular formula is C15H21N3O4S. The van der Waals surface area contributed by atoms with Crippen molar-refractivity contribution in [2.24, 2.45) is 0 Å². The zero-order valence-electron chi connectivity index (χ0n) is 13.0. The maximum absolute atomic E-state index is 12.8. The van der Waals surface area contributed by atoms with E-state index < -0.39 is 0 Å². The molecule has 2 fully saturated rings. The van der Waals surface area contributed by atoms with E-state index in [0.717, 1.165) is 42.7 Å². The fourth-order valence-corrected chi connectivity index (χ4v) is 3.95. The van der Waals surface area contributed by atoms with E-state index in [9.17, 15) is 14.9 Å². The first-order valence-corrected chi connectivity index (χ1v) is 8.85. The van der Waals surface area contributed by atoms with Crippen molar-refractivity contribution in [2.75, 3.05) is 32.8 Å². The van der Waals surface area contributed by atoms with Crippen molar-refractivity contribution in [2.45, 2.75) is 31.8 Å². The number of likely N-dealkylation sites (tertiary alicyclic amines) is 1. The second-order valence-corrected chi connectivity index (χ2v) is 6.86. The molecule has 23 heavy (non-hydrogen) atoms. The molecule has 8 heteroatoms. The highest BCUT2D eigenvalue weighted by molar-refractivity contribution is 7.13. The summed E-state index contributed by atoms with van der Waals surface area (Å²) in [4.78, 5) is 27.3. The van der Waals surface area contributed by atoms with Crippen molar-refractivity contribution in [1.82, 2.24) is 9.80 Å². The number of amides is 1. The third-order valence-electron chi connectivity index (χ3n) is 4.43. The lowest BCUT2D eigenvalue weighted by molar-refractivity contribution is -0.380. The van der Waals surface area contributed by atoms with E-state index in [1.54, 1.807) is 6.07 Å². The van der Waals surface area contributed by atoms with E-state index in [1.165, 1.54) is 0 Å². The fourth-order valence-electron chi connectivity index (χ4n) is 3.23. The molecular weight excluding hydrogens is 318 g/mol. The van der Waals surface area contributed by atoms with Crippen LogP contribution in [0.25, 0.3) is 0 Å². The summed E-state index contributed by atoms with van der Waals surface area (Å²) < 4.78 is 5.31. The summed E-state index contributed by atoms with van der Waals surface area (Å²) in [6, 6.07) is 1.51. The molecule has 2 aliphatic rings. The number of carbonyl (C=O) groups is 1. The Morgan fingerprint density at radius 2 is 2.13 bits per heavy atom. The molecule has 0 unspecified atom stereocenters. The molecule has 126 valence electrons. The molecule has 1 amide bonds. The second kappa shape index (κ2) is 7.37. The standard InChI is InChI=1S/C15H21N3O4S/c19-15(16-5-7-22-8-6-16)13-3-1-2-4-17(13)10-12-9-14(18(20)21)23-11-12/h9,11,13H,1-8,10H2/t13-/m1/s1. The highest BCUT2D eigenvalue weighted by Crippen LogP contribution is 2.27. The minimum absolute atomic E-state index is 0.110. The number of morpholine rings is 1. The van der Waals surface area contributed by atoms with Crippen LogP contribution in [0.3, 0.4) is 0 Å². The molecule has 0 saturated carbocycles. The first kappa shape index (κ1) is 16.4. The molecule has 0 aliphatic carbocycles. The number of hydrogen-bond donors (Lipinski definition) is 0. The summed E-state index contributed by atoms with van der Waals surface area (Å²) in [5.74, 6) is 0.178. The third-order valence-corrected chi connectivity index (χ3v) is 5.36. The van der Waals surface area contributed by atoms with Crippen molar-refractivity contribution < 1.29 is 14.5 Å². The van der Waals surface area contributed by atoms with Crippen LogP contribution in [0.15, 0.2) is 11.4 Å². The minimum atomic E-state index is -0.360. The van der Waals surface area contributed by atoms with Gasteiger partial charge in [-0.3, -0.25) is 19.8 Å². The van der Waals surface area contributed by atoms with Gasteiger partial charge in [0, 0.05) is 31.1 Å². The van der Waals surface area contributed by atoms with Gasteiger partial charge in [0.25, 0.3) is 0 Å². The van der Waals surface area contributed by atoms with E-state index in [-0.39, 0.29) is 21.9 Å². The smallest absolute Gasteiger partial charge is 0.324 e. The lowest BCUT2D eigenvalue weighted by Gasteiger charge is -2.38. The molecule has 0 radical (unpaired) electrons. The lowest BCUT2D eigenvalue weighted by Crippen LogP contribution is -2.53. The Morgan fingerprint density at radius 3 is 2.83 bits per heavy atom. The Balaban J connectivity index is 1.67. The highest BCUT2D eigenvalue weighted by atomic mass is 32.1. The predicted molar refractivity (Wildman–Crippen MR) is 86.4 cm³/mol. The molecule has 1 aromatic rings. The van der Waals surface area contributed by atoms with Crippen LogP contribution >= 0.6 is 11.3 Å². The number of nitro groups is 1. The van der Waals surface area contributed by atoms with Crippen molar-refractivity contribution >= 4 is 22.2 Å². The zero-order valence-corrected chi connectivity index (χ0v) is 13.8. The van der Waals surface area contributed by atoms with Gasteiger partial charge in [0.15, 0.2) is 0 Å². The monoisotopic (exact) mass is 339 g/mol. The number of thiophene rings is 1. The molecule has 1 atom stereocenters. The van der Waals surface area contributed by atoms with Gasteiger partial charge >= 0.3 is 5.00 Å². The molecule has 7 nitrogen and oxygen atoms in total. The first-order valence-electron chi connectivity index (χ1n) is 7.97.